The lowest BCUT2D eigenvalue weighted by Crippen LogP contribution is -2.38. The van der Waals surface area contributed by atoms with Crippen LogP contribution in [0.15, 0.2) is 22.5 Å². The van der Waals surface area contributed by atoms with E-state index in [4.69, 9.17) is 29.0 Å². The van der Waals surface area contributed by atoms with Gasteiger partial charge >= 0.3 is 0 Å². The van der Waals surface area contributed by atoms with E-state index >= 15 is 0 Å². The van der Waals surface area contributed by atoms with Crippen LogP contribution in [0.3, 0.4) is 0 Å². The van der Waals surface area contributed by atoms with Gasteiger partial charge in [0.25, 0.3) is 0 Å². The van der Waals surface area contributed by atoms with Crippen LogP contribution in [-0.2, 0) is 0 Å². The van der Waals surface area contributed by atoms with Crippen LogP contribution >= 0.6 is 23.2 Å². The summed E-state index contributed by atoms with van der Waals surface area (Å²) in [4.78, 5) is 0. The van der Waals surface area contributed by atoms with Crippen molar-refractivity contribution in [3.63, 3.8) is 0 Å². The second-order valence-corrected chi connectivity index (χ2v) is 2.44. The van der Waals surface area contributed by atoms with Gasteiger partial charge in [-0.05, 0) is 6.08 Å². The van der Waals surface area contributed by atoms with Crippen LogP contribution in [0.4, 0.5) is 4.48 Å². The first-order valence-corrected chi connectivity index (χ1v) is 3.11. The number of hydrogen-bond acceptors (Lipinski definition) is 3. The molecule has 0 aromatic rings. The lowest BCUT2D eigenvalue weighted by Gasteiger charge is -2.24. The number of allylic oxidation sites excluding steroid dienone is 2. The summed E-state index contributed by atoms with van der Waals surface area (Å²) < 4.78 is 12.4. The Morgan fingerprint density at radius 2 is 2.10 bits per heavy atom. The summed E-state index contributed by atoms with van der Waals surface area (Å²) in [5, 5.41) is 0.919. The maximum Gasteiger partial charge on any atom is 0.145 e. The van der Waals surface area contributed by atoms with Crippen molar-refractivity contribution in [3.8, 4) is 0 Å². The SMILES string of the molecule is NN1C(Cl)=CC(Cl)=CN1F. The Balaban J connectivity index is 2.85. The molecule has 0 aliphatic carbocycles. The first kappa shape index (κ1) is 7.65. The van der Waals surface area contributed by atoms with Crippen molar-refractivity contribution in [3.05, 3.63) is 22.5 Å². The van der Waals surface area contributed by atoms with Crippen LogP contribution in [-0.4, -0.2) is 10.3 Å². The third-order valence-corrected chi connectivity index (χ3v) is 1.40. The van der Waals surface area contributed by atoms with Gasteiger partial charge in [0.2, 0.25) is 0 Å². The van der Waals surface area contributed by atoms with E-state index in [1.54, 1.807) is 0 Å². The molecular formula is C4H4Cl2FN3. The first-order chi connectivity index (χ1) is 4.61. The molecule has 0 fully saturated rings. The van der Waals surface area contributed by atoms with E-state index in [-0.39, 0.29) is 15.4 Å². The lowest BCUT2D eigenvalue weighted by molar-refractivity contribution is -0.103. The topological polar surface area (TPSA) is 32.5 Å². The highest BCUT2D eigenvalue weighted by atomic mass is 35.5. The summed E-state index contributed by atoms with van der Waals surface area (Å²) in [7, 11) is 0. The van der Waals surface area contributed by atoms with Gasteiger partial charge in [-0.15, -0.1) is 5.23 Å². The second kappa shape index (κ2) is 2.65. The van der Waals surface area contributed by atoms with E-state index in [1.807, 2.05) is 0 Å². The summed E-state index contributed by atoms with van der Waals surface area (Å²) in [6.45, 7) is 0. The fourth-order valence-corrected chi connectivity index (χ4v) is 0.902. The van der Waals surface area contributed by atoms with Gasteiger partial charge in [-0.3, -0.25) is 0 Å². The van der Waals surface area contributed by atoms with Gasteiger partial charge in [0, 0.05) is 0 Å². The summed E-state index contributed by atoms with van der Waals surface area (Å²) >= 11 is 10.8. The summed E-state index contributed by atoms with van der Waals surface area (Å²) in [5.74, 6) is 5.06. The van der Waals surface area contributed by atoms with E-state index in [0.29, 0.717) is 5.12 Å². The first-order valence-electron chi connectivity index (χ1n) is 2.35. The highest BCUT2D eigenvalue weighted by Crippen LogP contribution is 2.20. The highest BCUT2D eigenvalue weighted by molar-refractivity contribution is 6.34. The fraction of sp³-hybridized carbons (Fsp3) is 0. The third-order valence-electron chi connectivity index (χ3n) is 0.912. The summed E-state index contributed by atoms with van der Waals surface area (Å²) in [6.07, 6.45) is 2.33. The monoisotopic (exact) mass is 183 g/mol. The molecule has 0 spiro atoms. The third kappa shape index (κ3) is 1.34. The number of nitrogens with two attached hydrogens (primary N) is 1. The average molecular weight is 184 g/mol. The second-order valence-electron chi connectivity index (χ2n) is 1.61. The van der Waals surface area contributed by atoms with Crippen molar-refractivity contribution >= 4 is 23.2 Å². The Labute approximate surface area is 67.0 Å². The maximum atomic E-state index is 12.4. The molecule has 0 bridgehead atoms. The van der Waals surface area contributed by atoms with Crippen LogP contribution < -0.4 is 5.84 Å². The fourth-order valence-electron chi connectivity index (χ4n) is 0.472. The molecule has 0 atom stereocenters. The molecule has 3 nitrogen and oxygen atoms in total. The minimum Gasteiger partial charge on any atom is -0.225 e. The molecule has 0 amide bonds. The van der Waals surface area contributed by atoms with Gasteiger partial charge in [-0.1, -0.05) is 27.7 Å². The minimum atomic E-state index is 0.0231. The van der Waals surface area contributed by atoms with E-state index in [1.165, 1.54) is 6.08 Å². The van der Waals surface area contributed by atoms with Crippen molar-refractivity contribution in [1.29, 1.82) is 0 Å². The molecule has 1 rings (SSSR count). The molecule has 0 saturated heterocycles. The van der Waals surface area contributed by atoms with Gasteiger partial charge < -0.3 is 0 Å². The predicted molar refractivity (Wildman–Crippen MR) is 36.8 cm³/mol. The Kier molecular flexibility index (Phi) is 2.03. The average Bonchev–Trinajstić information content (AvgIpc) is 1.82. The van der Waals surface area contributed by atoms with E-state index in [2.05, 4.69) is 0 Å². The molecule has 1 aliphatic heterocycles. The van der Waals surface area contributed by atoms with Gasteiger partial charge in [0.05, 0.1) is 11.2 Å². The smallest absolute Gasteiger partial charge is 0.145 e. The van der Waals surface area contributed by atoms with Gasteiger partial charge in [0.15, 0.2) is 0 Å². The Morgan fingerprint density at radius 1 is 1.50 bits per heavy atom. The molecule has 1 aliphatic rings. The number of halogens is 3. The van der Waals surface area contributed by atoms with Crippen molar-refractivity contribution < 1.29 is 4.48 Å². The zero-order valence-electron chi connectivity index (χ0n) is 4.76. The highest BCUT2D eigenvalue weighted by Gasteiger charge is 2.14. The number of hydrogen-bond donors (Lipinski definition) is 1. The standard InChI is InChI=1S/C4H4Cl2FN3/c5-3-1-4(6)10(8)9(7)2-3/h1-2H,8H2. The van der Waals surface area contributed by atoms with Gasteiger partial charge in [0.1, 0.15) is 5.16 Å². The van der Waals surface area contributed by atoms with Crippen LogP contribution in [0.1, 0.15) is 0 Å². The van der Waals surface area contributed by atoms with E-state index < -0.39 is 0 Å². The molecule has 0 aromatic heterocycles. The molecule has 0 saturated carbocycles. The molecular weight excluding hydrogens is 180 g/mol. The quantitative estimate of drug-likeness (QED) is 0.351. The molecule has 56 valence electrons. The molecule has 10 heavy (non-hydrogen) atoms. The number of nitrogens with zero attached hydrogens (tertiary/aromatic N) is 2. The Bertz CT molecular complexity index is 203. The summed E-state index contributed by atoms with van der Waals surface area (Å²) in [6, 6.07) is 0. The van der Waals surface area contributed by atoms with Gasteiger partial charge in [-0.2, -0.15) is 5.12 Å². The molecule has 0 radical (unpaired) electrons. The lowest BCUT2D eigenvalue weighted by atomic mass is 10.5. The minimum absolute atomic E-state index is 0.0231. The molecule has 0 aromatic carbocycles. The van der Waals surface area contributed by atoms with E-state index in [0.717, 1.165) is 6.20 Å². The molecule has 0 unspecified atom stereocenters. The van der Waals surface area contributed by atoms with Crippen LogP contribution in [0.5, 0.6) is 0 Å². The predicted octanol–water partition coefficient (Wildman–Crippen LogP) is 1.44. The van der Waals surface area contributed by atoms with E-state index in [9.17, 15) is 4.48 Å². The molecule has 1 heterocycles. The molecule has 2 N–H and O–H groups in total. The van der Waals surface area contributed by atoms with Crippen molar-refractivity contribution in [2.24, 2.45) is 5.84 Å². The largest absolute Gasteiger partial charge is 0.225 e. The van der Waals surface area contributed by atoms with Crippen LogP contribution in [0.25, 0.3) is 0 Å². The molecule has 6 heteroatoms. The Morgan fingerprint density at radius 3 is 2.60 bits per heavy atom. The van der Waals surface area contributed by atoms with Crippen molar-refractivity contribution in [2.75, 3.05) is 0 Å². The van der Waals surface area contributed by atoms with Crippen molar-refractivity contribution in [2.45, 2.75) is 0 Å². The Hall–Kier alpha value is -0.450. The zero-order chi connectivity index (χ0) is 7.72. The number of hydrazine groups is 2. The summed E-state index contributed by atoms with van der Waals surface area (Å²) in [5.41, 5.74) is 0. The maximum absolute atomic E-state index is 12.4. The zero-order valence-corrected chi connectivity index (χ0v) is 6.27. The number of rotatable bonds is 0. The van der Waals surface area contributed by atoms with Crippen LogP contribution in [0, 0.1) is 0 Å². The van der Waals surface area contributed by atoms with Gasteiger partial charge in [-0.25, -0.2) is 5.84 Å². The van der Waals surface area contributed by atoms with Crippen molar-refractivity contribution in [1.82, 2.24) is 10.3 Å². The normalized spacial score (nSPS) is 18.8. The van der Waals surface area contributed by atoms with Crippen LogP contribution in [0.2, 0.25) is 0 Å².